The van der Waals surface area contributed by atoms with Crippen LogP contribution in [0.2, 0.25) is 0 Å². The Hall–Kier alpha value is -2.33. The quantitative estimate of drug-likeness (QED) is 0.505. The number of nitrogens with one attached hydrogen (secondary N) is 1. The van der Waals surface area contributed by atoms with E-state index in [-0.39, 0.29) is 0 Å². The van der Waals surface area contributed by atoms with E-state index in [4.69, 9.17) is 4.74 Å². The maximum atomic E-state index is 6.11. The Morgan fingerprint density at radius 3 is 2.85 bits per heavy atom. The highest BCUT2D eigenvalue weighted by Gasteiger charge is 2.08. The van der Waals surface area contributed by atoms with Crippen molar-refractivity contribution in [2.75, 3.05) is 13.2 Å². The van der Waals surface area contributed by atoms with Crippen molar-refractivity contribution in [3.63, 3.8) is 0 Å². The normalized spacial score (nSPS) is 11.1. The second-order valence-electron chi connectivity index (χ2n) is 6.65. The van der Waals surface area contributed by atoms with Gasteiger partial charge in [0.05, 0.1) is 12.9 Å². The molecule has 0 saturated carbocycles. The smallest absolute Gasteiger partial charge is 0.124 e. The van der Waals surface area contributed by atoms with Gasteiger partial charge in [0.1, 0.15) is 5.75 Å². The molecule has 0 amide bonds. The lowest BCUT2D eigenvalue weighted by Gasteiger charge is -2.15. The van der Waals surface area contributed by atoms with Crippen LogP contribution in [-0.2, 0) is 13.1 Å². The third-order valence-electron chi connectivity index (χ3n) is 4.63. The van der Waals surface area contributed by atoms with Gasteiger partial charge in [-0.2, -0.15) is 0 Å². The van der Waals surface area contributed by atoms with Gasteiger partial charge in [0.2, 0.25) is 0 Å². The summed E-state index contributed by atoms with van der Waals surface area (Å²) in [5.41, 5.74) is 1.27. The zero-order valence-corrected chi connectivity index (χ0v) is 15.7. The minimum Gasteiger partial charge on any atom is -0.493 e. The summed E-state index contributed by atoms with van der Waals surface area (Å²) in [6.07, 6.45) is 10.3. The number of rotatable bonds is 11. The molecule has 4 heteroatoms. The van der Waals surface area contributed by atoms with E-state index in [2.05, 4.69) is 58.2 Å². The molecule has 0 radical (unpaired) electrons. The van der Waals surface area contributed by atoms with E-state index in [1.54, 1.807) is 0 Å². The first-order valence-electron chi connectivity index (χ1n) is 9.68. The summed E-state index contributed by atoms with van der Waals surface area (Å²) in [7, 11) is 0. The number of aryl methyl sites for hydroxylation is 1. The number of aromatic nitrogens is 2. The van der Waals surface area contributed by atoms with Crippen molar-refractivity contribution in [2.24, 2.45) is 0 Å². The van der Waals surface area contributed by atoms with Crippen LogP contribution in [0.3, 0.4) is 0 Å². The molecular formula is C22H29N3O. The summed E-state index contributed by atoms with van der Waals surface area (Å²) in [6, 6.07) is 12.8. The zero-order valence-electron chi connectivity index (χ0n) is 15.7. The summed E-state index contributed by atoms with van der Waals surface area (Å²) in [5, 5.41) is 6.13. The fourth-order valence-electron chi connectivity index (χ4n) is 3.19. The first-order valence-corrected chi connectivity index (χ1v) is 9.68. The molecule has 1 N–H and O–H groups in total. The van der Waals surface area contributed by atoms with Gasteiger partial charge in [-0.15, -0.1) is 0 Å². The lowest BCUT2D eigenvalue weighted by atomic mass is 10.0. The molecule has 0 atom stereocenters. The van der Waals surface area contributed by atoms with E-state index in [0.717, 1.165) is 44.8 Å². The first-order chi connectivity index (χ1) is 12.9. The highest BCUT2D eigenvalue weighted by atomic mass is 16.5. The van der Waals surface area contributed by atoms with Crippen molar-refractivity contribution in [2.45, 2.75) is 45.7 Å². The van der Waals surface area contributed by atoms with E-state index in [1.165, 1.54) is 29.2 Å². The number of hydrogen-bond acceptors (Lipinski definition) is 3. The second-order valence-corrected chi connectivity index (χ2v) is 6.65. The molecule has 0 aliphatic heterocycles. The third kappa shape index (κ3) is 5.09. The third-order valence-corrected chi connectivity index (χ3v) is 4.63. The van der Waals surface area contributed by atoms with E-state index in [9.17, 15) is 0 Å². The van der Waals surface area contributed by atoms with Gasteiger partial charge in [0.15, 0.2) is 0 Å². The van der Waals surface area contributed by atoms with Crippen molar-refractivity contribution in [3.05, 3.63) is 60.7 Å². The van der Waals surface area contributed by atoms with Gasteiger partial charge in [-0.05, 0) is 36.2 Å². The maximum absolute atomic E-state index is 6.11. The van der Waals surface area contributed by atoms with Crippen LogP contribution in [0.5, 0.6) is 5.75 Å². The Bertz CT molecular complexity index is 783. The van der Waals surface area contributed by atoms with Crippen LogP contribution >= 0.6 is 0 Å². The van der Waals surface area contributed by atoms with Gasteiger partial charge in [0, 0.05) is 31.0 Å². The van der Waals surface area contributed by atoms with Gasteiger partial charge in [0.25, 0.3) is 0 Å². The van der Waals surface area contributed by atoms with E-state index in [1.807, 2.05) is 18.7 Å². The van der Waals surface area contributed by atoms with Gasteiger partial charge in [-0.25, -0.2) is 4.98 Å². The number of hydrogen-bond donors (Lipinski definition) is 1. The molecular weight excluding hydrogens is 322 g/mol. The molecule has 2 aromatic carbocycles. The highest BCUT2D eigenvalue weighted by molar-refractivity contribution is 5.87. The number of unbranched alkanes of at least 4 members (excludes halogenated alkanes) is 2. The van der Waals surface area contributed by atoms with Crippen molar-refractivity contribution >= 4 is 10.8 Å². The molecule has 3 aromatic rings. The zero-order chi connectivity index (χ0) is 18.0. The topological polar surface area (TPSA) is 39.1 Å². The average molecular weight is 351 g/mol. The first kappa shape index (κ1) is 18.5. The molecule has 0 spiro atoms. The molecule has 0 bridgehead atoms. The number of benzene rings is 2. The van der Waals surface area contributed by atoms with Crippen LogP contribution in [-0.4, -0.2) is 22.7 Å². The summed E-state index contributed by atoms with van der Waals surface area (Å²) in [6.45, 7) is 5.79. The Labute approximate surface area is 156 Å². The van der Waals surface area contributed by atoms with Crippen LogP contribution in [0.1, 0.15) is 38.2 Å². The van der Waals surface area contributed by atoms with Crippen LogP contribution in [0.15, 0.2) is 55.1 Å². The number of imidazole rings is 1. The largest absolute Gasteiger partial charge is 0.493 e. The summed E-state index contributed by atoms with van der Waals surface area (Å²) in [5.74, 6) is 1.02. The minimum absolute atomic E-state index is 0.791. The maximum Gasteiger partial charge on any atom is 0.124 e. The summed E-state index contributed by atoms with van der Waals surface area (Å²) in [4.78, 5) is 4.08. The number of ether oxygens (including phenoxy) is 1. The summed E-state index contributed by atoms with van der Waals surface area (Å²) < 4.78 is 8.22. The lowest BCUT2D eigenvalue weighted by Crippen LogP contribution is -2.17. The van der Waals surface area contributed by atoms with Crippen LogP contribution in [0.25, 0.3) is 10.8 Å². The van der Waals surface area contributed by atoms with Crippen molar-refractivity contribution in [3.8, 4) is 5.75 Å². The van der Waals surface area contributed by atoms with Gasteiger partial charge < -0.3 is 14.6 Å². The average Bonchev–Trinajstić information content (AvgIpc) is 3.19. The fourth-order valence-corrected chi connectivity index (χ4v) is 3.19. The molecule has 0 saturated heterocycles. The predicted octanol–water partition coefficient (Wildman–Crippen LogP) is 4.79. The Morgan fingerprint density at radius 1 is 1.08 bits per heavy atom. The Kier molecular flexibility index (Phi) is 7.08. The second kappa shape index (κ2) is 9.97. The van der Waals surface area contributed by atoms with Crippen molar-refractivity contribution in [1.82, 2.24) is 14.9 Å². The molecule has 0 aliphatic rings. The van der Waals surface area contributed by atoms with E-state index in [0.29, 0.717) is 0 Å². The lowest BCUT2D eigenvalue weighted by molar-refractivity contribution is 0.303. The van der Waals surface area contributed by atoms with E-state index >= 15 is 0 Å². The molecule has 0 fully saturated rings. The number of nitrogens with zero attached hydrogens (tertiary/aromatic N) is 2. The fraction of sp³-hybridized carbons (Fsp3) is 0.409. The Balaban J connectivity index is 1.61. The monoisotopic (exact) mass is 351 g/mol. The van der Waals surface area contributed by atoms with Gasteiger partial charge >= 0.3 is 0 Å². The molecule has 1 aromatic heterocycles. The molecule has 26 heavy (non-hydrogen) atoms. The van der Waals surface area contributed by atoms with Crippen LogP contribution in [0.4, 0.5) is 0 Å². The predicted molar refractivity (Wildman–Crippen MR) is 108 cm³/mol. The van der Waals surface area contributed by atoms with Crippen molar-refractivity contribution in [1.29, 1.82) is 0 Å². The molecule has 0 aliphatic carbocycles. The molecule has 138 valence electrons. The van der Waals surface area contributed by atoms with Gasteiger partial charge in [-0.1, -0.05) is 50.1 Å². The molecule has 1 heterocycles. The van der Waals surface area contributed by atoms with Crippen LogP contribution < -0.4 is 10.1 Å². The number of fused-ring (bicyclic) bond motifs is 1. The van der Waals surface area contributed by atoms with E-state index < -0.39 is 0 Å². The van der Waals surface area contributed by atoms with Crippen molar-refractivity contribution < 1.29 is 4.74 Å². The Morgan fingerprint density at radius 2 is 2.00 bits per heavy atom. The minimum atomic E-state index is 0.791. The van der Waals surface area contributed by atoms with Crippen LogP contribution in [0, 0.1) is 0 Å². The van der Waals surface area contributed by atoms with Gasteiger partial charge in [-0.3, -0.25) is 0 Å². The molecule has 0 unspecified atom stereocenters. The molecule has 3 rings (SSSR count). The SMILES string of the molecule is CCCCCOc1ccc2ccccc2c1CNCCCn1ccnc1. The summed E-state index contributed by atoms with van der Waals surface area (Å²) >= 11 is 0. The standard InChI is InChI=1S/C22H29N3O/c1-2-3-6-16-26-22-11-10-19-8-4-5-9-20(19)21(22)17-23-12-7-14-25-15-13-24-18-25/h4-5,8-11,13,15,18,23H,2-3,6-7,12,14,16-17H2,1H3. The molecule has 4 nitrogen and oxygen atoms in total. The highest BCUT2D eigenvalue weighted by Crippen LogP contribution is 2.28.